The molecule has 3 heteroatoms. The Morgan fingerprint density at radius 3 is 2.40 bits per heavy atom. The maximum absolute atomic E-state index is 6.05. The first-order valence-electron chi connectivity index (χ1n) is 4.49. The van der Waals surface area contributed by atoms with E-state index in [2.05, 4.69) is 4.98 Å². The number of pyridine rings is 1. The molecule has 0 atom stereocenters. The molecule has 0 aliphatic rings. The molecule has 0 bridgehead atoms. The lowest BCUT2D eigenvalue weighted by atomic mass is 10.1. The molecule has 15 heavy (non-hydrogen) atoms. The largest absolute Gasteiger partial charge is 0.261 e. The van der Waals surface area contributed by atoms with Crippen molar-refractivity contribution in [3.05, 3.63) is 64.9 Å². The Hall–Kier alpha value is -1.05. The van der Waals surface area contributed by atoms with E-state index < -0.39 is 0 Å². The fraction of sp³-hybridized carbons (Fsp3) is 0.0833. The minimum atomic E-state index is 0. The first-order valence-corrected chi connectivity index (χ1v) is 4.87. The van der Waals surface area contributed by atoms with Crippen LogP contribution in [-0.4, -0.2) is 4.98 Å². The predicted molar refractivity (Wildman–Crippen MR) is 65.7 cm³/mol. The van der Waals surface area contributed by atoms with Crippen molar-refractivity contribution >= 4 is 24.0 Å². The van der Waals surface area contributed by atoms with Gasteiger partial charge in [0.15, 0.2) is 0 Å². The Bertz CT molecular complexity index is 415. The molecule has 0 unspecified atom stereocenters. The Morgan fingerprint density at radius 2 is 1.73 bits per heavy atom. The van der Waals surface area contributed by atoms with Crippen molar-refractivity contribution in [3.63, 3.8) is 0 Å². The molecule has 0 aliphatic heterocycles. The number of nitrogens with zero attached hydrogens (tertiary/aromatic N) is 1. The predicted octanol–water partition coefficient (Wildman–Crippen LogP) is 3.75. The van der Waals surface area contributed by atoms with Gasteiger partial charge in [-0.05, 0) is 23.8 Å². The summed E-state index contributed by atoms with van der Waals surface area (Å²) in [5, 5.41) is 0.804. The molecule has 1 nitrogen and oxygen atoms in total. The normalized spacial score (nSPS) is 9.40. The molecule has 0 fully saturated rings. The molecule has 0 spiro atoms. The fourth-order valence-electron chi connectivity index (χ4n) is 1.34. The van der Waals surface area contributed by atoms with E-state index in [1.807, 2.05) is 42.5 Å². The van der Waals surface area contributed by atoms with E-state index in [0.29, 0.717) is 0 Å². The number of rotatable bonds is 2. The van der Waals surface area contributed by atoms with E-state index in [-0.39, 0.29) is 12.4 Å². The van der Waals surface area contributed by atoms with E-state index in [1.165, 1.54) is 0 Å². The summed E-state index contributed by atoms with van der Waals surface area (Å²) in [6.07, 6.45) is 2.59. The first-order chi connectivity index (χ1) is 6.86. The van der Waals surface area contributed by atoms with Gasteiger partial charge in [0.05, 0.1) is 0 Å². The maximum atomic E-state index is 6.05. The third kappa shape index (κ3) is 3.22. The topological polar surface area (TPSA) is 12.9 Å². The van der Waals surface area contributed by atoms with Gasteiger partial charge in [-0.25, -0.2) is 0 Å². The van der Waals surface area contributed by atoms with Gasteiger partial charge in [0.25, 0.3) is 0 Å². The van der Waals surface area contributed by atoms with Crippen LogP contribution in [0.15, 0.2) is 48.7 Å². The fourth-order valence-corrected chi connectivity index (χ4v) is 1.54. The Kier molecular flexibility index (Phi) is 4.60. The van der Waals surface area contributed by atoms with Gasteiger partial charge in [0, 0.05) is 23.3 Å². The van der Waals surface area contributed by atoms with E-state index in [0.717, 1.165) is 22.7 Å². The molecule has 2 rings (SSSR count). The van der Waals surface area contributed by atoms with Crippen molar-refractivity contribution in [2.75, 3.05) is 0 Å². The SMILES string of the molecule is Cl.Clc1ccccc1Cc1ccccn1. The summed E-state index contributed by atoms with van der Waals surface area (Å²) < 4.78 is 0. The average Bonchev–Trinajstić information content (AvgIpc) is 2.23. The summed E-state index contributed by atoms with van der Waals surface area (Å²) in [5.74, 6) is 0. The molecule has 1 aromatic heterocycles. The Labute approximate surface area is 101 Å². The highest BCUT2D eigenvalue weighted by atomic mass is 35.5. The highest BCUT2D eigenvalue weighted by molar-refractivity contribution is 6.31. The maximum Gasteiger partial charge on any atom is 0.0447 e. The van der Waals surface area contributed by atoms with Crippen LogP contribution < -0.4 is 0 Å². The van der Waals surface area contributed by atoms with Crippen LogP contribution in [0.1, 0.15) is 11.3 Å². The van der Waals surface area contributed by atoms with Crippen LogP contribution in [0.5, 0.6) is 0 Å². The van der Waals surface area contributed by atoms with Gasteiger partial charge < -0.3 is 0 Å². The van der Waals surface area contributed by atoms with Crippen LogP contribution in [-0.2, 0) is 6.42 Å². The van der Waals surface area contributed by atoms with Crippen LogP contribution >= 0.6 is 24.0 Å². The van der Waals surface area contributed by atoms with Crippen LogP contribution in [0.3, 0.4) is 0 Å². The highest BCUT2D eigenvalue weighted by Gasteiger charge is 2.00. The zero-order valence-electron chi connectivity index (χ0n) is 8.06. The summed E-state index contributed by atoms with van der Waals surface area (Å²) in [4.78, 5) is 4.26. The number of aromatic nitrogens is 1. The summed E-state index contributed by atoms with van der Waals surface area (Å²) >= 11 is 6.05. The summed E-state index contributed by atoms with van der Waals surface area (Å²) in [5.41, 5.74) is 2.16. The lowest BCUT2D eigenvalue weighted by Gasteiger charge is -2.02. The number of benzene rings is 1. The molecular weight excluding hydrogens is 229 g/mol. The molecular formula is C12H11Cl2N. The zero-order chi connectivity index (χ0) is 9.80. The third-order valence-corrected chi connectivity index (χ3v) is 2.42. The lowest BCUT2D eigenvalue weighted by Crippen LogP contribution is -1.91. The summed E-state index contributed by atoms with van der Waals surface area (Å²) in [6.45, 7) is 0. The third-order valence-electron chi connectivity index (χ3n) is 2.06. The van der Waals surface area contributed by atoms with Crippen molar-refractivity contribution < 1.29 is 0 Å². The number of halogens is 2. The van der Waals surface area contributed by atoms with Gasteiger partial charge in [0.2, 0.25) is 0 Å². The minimum Gasteiger partial charge on any atom is -0.261 e. The summed E-state index contributed by atoms with van der Waals surface area (Å²) in [7, 11) is 0. The van der Waals surface area contributed by atoms with Crippen molar-refractivity contribution in [3.8, 4) is 0 Å². The smallest absolute Gasteiger partial charge is 0.0447 e. The molecule has 1 aromatic carbocycles. The Morgan fingerprint density at radius 1 is 1.00 bits per heavy atom. The van der Waals surface area contributed by atoms with Crippen LogP contribution in [0, 0.1) is 0 Å². The molecule has 2 aromatic rings. The van der Waals surface area contributed by atoms with E-state index in [9.17, 15) is 0 Å². The molecule has 78 valence electrons. The molecule has 0 amide bonds. The molecule has 0 radical (unpaired) electrons. The Balaban J connectivity index is 0.00000112. The first kappa shape index (κ1) is 12.0. The van der Waals surface area contributed by atoms with Crippen molar-refractivity contribution in [1.29, 1.82) is 0 Å². The second-order valence-corrected chi connectivity index (χ2v) is 3.50. The minimum absolute atomic E-state index is 0. The summed E-state index contributed by atoms with van der Waals surface area (Å²) in [6, 6.07) is 13.8. The van der Waals surface area contributed by atoms with Gasteiger partial charge in [-0.1, -0.05) is 35.9 Å². The molecule has 0 N–H and O–H groups in total. The average molecular weight is 240 g/mol. The standard InChI is InChI=1S/C12H10ClN.ClH/c13-12-7-2-1-5-10(12)9-11-6-3-4-8-14-11;/h1-8H,9H2;1H. The van der Waals surface area contributed by atoms with E-state index in [4.69, 9.17) is 11.6 Å². The quantitative estimate of drug-likeness (QED) is 0.779. The van der Waals surface area contributed by atoms with Crippen molar-refractivity contribution in [2.24, 2.45) is 0 Å². The molecule has 0 saturated carbocycles. The number of hydrogen-bond acceptors (Lipinski definition) is 1. The van der Waals surface area contributed by atoms with Gasteiger partial charge in [-0.3, -0.25) is 4.98 Å². The number of hydrogen-bond donors (Lipinski definition) is 0. The van der Waals surface area contributed by atoms with Crippen molar-refractivity contribution in [1.82, 2.24) is 4.98 Å². The van der Waals surface area contributed by atoms with Gasteiger partial charge in [-0.2, -0.15) is 0 Å². The second kappa shape index (κ2) is 5.74. The molecule has 1 heterocycles. The van der Waals surface area contributed by atoms with E-state index >= 15 is 0 Å². The second-order valence-electron chi connectivity index (χ2n) is 3.09. The van der Waals surface area contributed by atoms with Gasteiger partial charge >= 0.3 is 0 Å². The van der Waals surface area contributed by atoms with Gasteiger partial charge in [-0.15, -0.1) is 12.4 Å². The molecule has 0 saturated heterocycles. The van der Waals surface area contributed by atoms with Crippen LogP contribution in [0.2, 0.25) is 5.02 Å². The van der Waals surface area contributed by atoms with Crippen LogP contribution in [0.4, 0.5) is 0 Å². The monoisotopic (exact) mass is 239 g/mol. The highest BCUT2D eigenvalue weighted by Crippen LogP contribution is 2.17. The van der Waals surface area contributed by atoms with E-state index in [1.54, 1.807) is 6.20 Å². The van der Waals surface area contributed by atoms with Crippen molar-refractivity contribution in [2.45, 2.75) is 6.42 Å². The zero-order valence-corrected chi connectivity index (χ0v) is 9.63. The lowest BCUT2D eigenvalue weighted by molar-refractivity contribution is 1.07. The molecule has 0 aliphatic carbocycles. The van der Waals surface area contributed by atoms with Gasteiger partial charge in [0.1, 0.15) is 0 Å². The van der Waals surface area contributed by atoms with Crippen LogP contribution in [0.25, 0.3) is 0 Å².